The predicted molar refractivity (Wildman–Crippen MR) is 31.2 cm³/mol. The Morgan fingerprint density at radius 2 is 2.33 bits per heavy atom. The first-order valence-corrected chi connectivity index (χ1v) is 2.36. The van der Waals surface area contributed by atoms with Gasteiger partial charge in [-0.3, -0.25) is 0 Å². The average Bonchev–Trinajstić information content (AvgIpc) is 1.65. The second-order valence-corrected chi connectivity index (χ2v) is 1.58. The van der Waals surface area contributed by atoms with Gasteiger partial charge in [-0.05, 0) is 0 Å². The Balaban J connectivity index is 2.75. The van der Waals surface area contributed by atoms with E-state index in [4.69, 9.17) is 7.74 Å². The van der Waals surface area contributed by atoms with Crippen LogP contribution in [0.15, 0.2) is 0 Å². The fourth-order valence-electron chi connectivity index (χ4n) is 0.136. The fourth-order valence-corrected chi connectivity index (χ4v) is 0.136. The molecule has 0 saturated carbocycles. The largest absolute Gasteiger partial charge is 0.0812 e. The standard InChI is InChI=1S/C4H9B2/c1-3-4(2)6-5/h4H,3H2,1-2H3. The maximum atomic E-state index is 5.16. The van der Waals surface area contributed by atoms with Crippen LogP contribution < -0.4 is 0 Å². The molecule has 0 nitrogen and oxygen atoms in total. The summed E-state index contributed by atoms with van der Waals surface area (Å²) in [6.45, 7) is 4.22. The van der Waals surface area contributed by atoms with Crippen LogP contribution in [0, 0.1) is 0 Å². The molecule has 1 atom stereocenters. The lowest BCUT2D eigenvalue weighted by Gasteiger charge is -1.98. The summed E-state index contributed by atoms with van der Waals surface area (Å²) in [6, 6.07) is 0. The normalized spacial score (nSPS) is 13.7. The minimum Gasteiger partial charge on any atom is -0.0812 e. The third kappa shape index (κ3) is 2.37. The van der Waals surface area contributed by atoms with Crippen LogP contribution in [0.2, 0.25) is 5.82 Å². The van der Waals surface area contributed by atoms with Crippen molar-refractivity contribution in [1.29, 1.82) is 0 Å². The summed E-state index contributed by atoms with van der Waals surface area (Å²) in [5.74, 6) is 0.588. The summed E-state index contributed by atoms with van der Waals surface area (Å²) in [6.07, 6.45) is 1.15. The van der Waals surface area contributed by atoms with E-state index in [2.05, 4.69) is 13.8 Å². The third-order valence-electron chi connectivity index (χ3n) is 0.972. The summed E-state index contributed by atoms with van der Waals surface area (Å²) < 4.78 is 0. The van der Waals surface area contributed by atoms with Crippen LogP contribution in [0.3, 0.4) is 0 Å². The minimum atomic E-state index is 0.588. The monoisotopic (exact) mass is 79.1 g/mol. The van der Waals surface area contributed by atoms with Crippen molar-refractivity contribution in [2.45, 2.75) is 26.1 Å². The topological polar surface area (TPSA) is 0 Å². The Labute approximate surface area is 42.0 Å². The van der Waals surface area contributed by atoms with Crippen molar-refractivity contribution in [3.63, 3.8) is 0 Å². The van der Waals surface area contributed by atoms with Gasteiger partial charge in [-0.1, -0.05) is 26.1 Å². The molecule has 0 N–H and O–H groups in total. The molecule has 31 valence electrons. The maximum Gasteiger partial charge on any atom is 0.0583 e. The van der Waals surface area contributed by atoms with Crippen LogP contribution in [0.5, 0.6) is 0 Å². The summed E-state index contributed by atoms with van der Waals surface area (Å²) in [4.78, 5) is 0. The summed E-state index contributed by atoms with van der Waals surface area (Å²) in [5, 5.41) is 0. The molecular formula is C4H9B2. The molecule has 0 fully saturated rings. The predicted octanol–water partition coefficient (Wildman–Crippen LogP) is 0.992. The maximum absolute atomic E-state index is 5.16. The third-order valence-corrected chi connectivity index (χ3v) is 0.972. The van der Waals surface area contributed by atoms with Gasteiger partial charge in [-0.25, -0.2) is 0 Å². The van der Waals surface area contributed by atoms with Gasteiger partial charge in [0, 0.05) is 7.74 Å². The van der Waals surface area contributed by atoms with E-state index in [9.17, 15) is 0 Å². The lowest BCUT2D eigenvalue weighted by Crippen LogP contribution is -1.95. The van der Waals surface area contributed by atoms with E-state index in [0.717, 1.165) is 6.42 Å². The lowest BCUT2D eigenvalue weighted by atomic mass is 9.47. The van der Waals surface area contributed by atoms with Crippen LogP contribution >= 0.6 is 0 Å². The first-order chi connectivity index (χ1) is 2.81. The van der Waals surface area contributed by atoms with Crippen LogP contribution in [0.1, 0.15) is 20.3 Å². The van der Waals surface area contributed by atoms with Crippen molar-refractivity contribution in [3.8, 4) is 0 Å². The van der Waals surface area contributed by atoms with Crippen LogP contribution in [-0.4, -0.2) is 14.9 Å². The molecule has 0 saturated heterocycles. The van der Waals surface area contributed by atoms with E-state index >= 15 is 0 Å². The molecule has 1 unspecified atom stereocenters. The number of hydrogen-bond acceptors (Lipinski definition) is 0. The SMILES string of the molecule is [B][B]C(C)CC. The summed E-state index contributed by atoms with van der Waals surface area (Å²) in [5.41, 5.74) is 0. The Kier molecular flexibility index (Phi) is 3.40. The van der Waals surface area contributed by atoms with Crippen LogP contribution in [0.25, 0.3) is 0 Å². The molecule has 3 radical (unpaired) electrons. The Morgan fingerprint density at radius 3 is 2.33 bits per heavy atom. The van der Waals surface area contributed by atoms with Crippen molar-refractivity contribution >= 4 is 14.9 Å². The van der Waals surface area contributed by atoms with Gasteiger partial charge in [0.15, 0.2) is 0 Å². The molecule has 0 spiro atoms. The van der Waals surface area contributed by atoms with E-state index < -0.39 is 0 Å². The smallest absolute Gasteiger partial charge is 0.0583 e. The van der Waals surface area contributed by atoms with E-state index in [-0.39, 0.29) is 0 Å². The van der Waals surface area contributed by atoms with Crippen molar-refractivity contribution < 1.29 is 0 Å². The molecule has 0 aromatic rings. The van der Waals surface area contributed by atoms with Crippen molar-refractivity contribution in [1.82, 2.24) is 0 Å². The molecule has 0 aromatic heterocycles. The first-order valence-electron chi connectivity index (χ1n) is 2.36. The number of hydrogen-bond donors (Lipinski definition) is 0. The van der Waals surface area contributed by atoms with Gasteiger partial charge in [-0.2, -0.15) is 0 Å². The highest BCUT2D eigenvalue weighted by Gasteiger charge is 1.89. The van der Waals surface area contributed by atoms with Gasteiger partial charge < -0.3 is 0 Å². The summed E-state index contributed by atoms with van der Waals surface area (Å²) in [7, 11) is 6.88. The fraction of sp³-hybridized carbons (Fsp3) is 1.00. The molecule has 0 amide bonds. The van der Waals surface area contributed by atoms with Crippen molar-refractivity contribution in [3.05, 3.63) is 0 Å². The average molecular weight is 78.7 g/mol. The Bertz CT molecular complexity index is 24.7. The highest BCUT2D eigenvalue weighted by molar-refractivity contribution is 6.90. The second-order valence-electron chi connectivity index (χ2n) is 1.58. The molecule has 6 heavy (non-hydrogen) atoms. The van der Waals surface area contributed by atoms with Crippen LogP contribution in [-0.2, 0) is 0 Å². The van der Waals surface area contributed by atoms with Crippen molar-refractivity contribution in [2.24, 2.45) is 0 Å². The van der Waals surface area contributed by atoms with Gasteiger partial charge in [0.25, 0.3) is 0 Å². The van der Waals surface area contributed by atoms with Gasteiger partial charge in [0.1, 0.15) is 0 Å². The first kappa shape index (κ1) is 6.13. The molecule has 0 aliphatic rings. The van der Waals surface area contributed by atoms with E-state index in [1.54, 1.807) is 7.17 Å². The van der Waals surface area contributed by atoms with Gasteiger partial charge in [0.05, 0.1) is 7.17 Å². The number of rotatable bonds is 2. The zero-order valence-electron chi connectivity index (χ0n) is 4.44. The molecule has 0 rings (SSSR count). The van der Waals surface area contributed by atoms with Gasteiger partial charge in [-0.15, -0.1) is 0 Å². The van der Waals surface area contributed by atoms with E-state index in [1.807, 2.05) is 0 Å². The lowest BCUT2D eigenvalue weighted by molar-refractivity contribution is 0.877. The van der Waals surface area contributed by atoms with E-state index in [1.165, 1.54) is 0 Å². The van der Waals surface area contributed by atoms with Gasteiger partial charge >= 0.3 is 0 Å². The minimum absolute atomic E-state index is 0.588. The Hall–Kier alpha value is 0.130. The Morgan fingerprint density at radius 1 is 1.83 bits per heavy atom. The summed E-state index contributed by atoms with van der Waals surface area (Å²) >= 11 is 0. The molecule has 0 bridgehead atoms. The highest BCUT2D eigenvalue weighted by Crippen LogP contribution is 2.01. The zero-order valence-corrected chi connectivity index (χ0v) is 4.44. The molecular weight excluding hydrogens is 69.7 g/mol. The van der Waals surface area contributed by atoms with Gasteiger partial charge in [0.2, 0.25) is 0 Å². The quantitative estimate of drug-likeness (QED) is 0.433. The molecule has 0 aliphatic heterocycles. The van der Waals surface area contributed by atoms with Crippen molar-refractivity contribution in [2.75, 3.05) is 0 Å². The molecule has 0 aliphatic carbocycles. The molecule has 0 heterocycles. The van der Waals surface area contributed by atoms with E-state index in [0.29, 0.717) is 5.82 Å². The molecule has 0 aromatic carbocycles. The second kappa shape index (κ2) is 3.32. The zero-order chi connectivity index (χ0) is 4.99. The highest BCUT2D eigenvalue weighted by atomic mass is 13.8. The molecule has 2 heteroatoms. The van der Waals surface area contributed by atoms with Crippen LogP contribution in [0.4, 0.5) is 0 Å².